The van der Waals surface area contributed by atoms with Crippen molar-refractivity contribution in [3.05, 3.63) is 17.0 Å². The molecule has 0 aliphatic rings. The van der Waals surface area contributed by atoms with Crippen molar-refractivity contribution >= 4 is 32.8 Å². The molecule has 0 saturated carbocycles. The molecule has 0 aliphatic heterocycles. The largest absolute Gasteiger partial charge is 0.384 e. The highest BCUT2D eigenvalue weighted by Crippen LogP contribution is 2.19. The first-order valence-electron chi connectivity index (χ1n) is 3.02. The summed E-state index contributed by atoms with van der Waals surface area (Å²) in [5.74, 6) is 0.480. The van der Waals surface area contributed by atoms with Gasteiger partial charge in [0.05, 0.1) is 11.8 Å². The Labute approximate surface area is 71.0 Å². The molecule has 2 heterocycles. The number of fused-ring (bicyclic) bond motifs is 1. The van der Waals surface area contributed by atoms with Crippen molar-refractivity contribution < 1.29 is 0 Å². The predicted octanol–water partition coefficient (Wildman–Crippen LogP) is 1.30. The Bertz CT molecular complexity index is 394. The van der Waals surface area contributed by atoms with Gasteiger partial charge in [-0.05, 0) is 15.9 Å². The Hall–Kier alpha value is -1.10. The van der Waals surface area contributed by atoms with Crippen LogP contribution in [0.4, 0.5) is 5.82 Å². The first-order valence-corrected chi connectivity index (χ1v) is 3.82. The number of H-pyrrole nitrogens is 1. The van der Waals surface area contributed by atoms with Crippen LogP contribution in [0.2, 0.25) is 0 Å². The number of anilines is 1. The third kappa shape index (κ3) is 0.970. The molecule has 0 aliphatic carbocycles. The number of aromatic amines is 1. The lowest BCUT2D eigenvalue weighted by atomic mass is 10.4. The summed E-state index contributed by atoms with van der Waals surface area (Å²) in [7, 11) is 0. The SMILES string of the molecule is Nc1cc2[nH]cnc2c(Br)n1. The molecule has 4 nitrogen and oxygen atoms in total. The lowest BCUT2D eigenvalue weighted by Gasteiger charge is -1.93. The Morgan fingerprint density at radius 2 is 2.36 bits per heavy atom. The number of hydrogen-bond donors (Lipinski definition) is 2. The van der Waals surface area contributed by atoms with E-state index in [1.165, 1.54) is 0 Å². The number of rotatable bonds is 0. The lowest BCUT2D eigenvalue weighted by molar-refractivity contribution is 1.30. The number of nitrogens with one attached hydrogen (secondary N) is 1. The van der Waals surface area contributed by atoms with Crippen LogP contribution in [0, 0.1) is 0 Å². The zero-order valence-electron chi connectivity index (χ0n) is 5.50. The van der Waals surface area contributed by atoms with E-state index in [2.05, 4.69) is 30.9 Å². The van der Waals surface area contributed by atoms with Crippen LogP contribution in [-0.4, -0.2) is 15.0 Å². The van der Waals surface area contributed by atoms with E-state index < -0.39 is 0 Å². The maximum atomic E-state index is 5.50. The number of halogens is 1. The normalized spacial score (nSPS) is 10.6. The Morgan fingerprint density at radius 3 is 3.18 bits per heavy atom. The molecule has 0 bridgehead atoms. The second-order valence-corrected chi connectivity index (χ2v) is 2.89. The van der Waals surface area contributed by atoms with E-state index in [-0.39, 0.29) is 0 Å². The van der Waals surface area contributed by atoms with E-state index >= 15 is 0 Å². The molecule has 56 valence electrons. The van der Waals surface area contributed by atoms with Crippen LogP contribution in [-0.2, 0) is 0 Å². The number of pyridine rings is 1. The van der Waals surface area contributed by atoms with E-state index in [1.54, 1.807) is 12.4 Å². The molecule has 3 N–H and O–H groups in total. The number of nitrogen functional groups attached to an aromatic ring is 1. The Morgan fingerprint density at radius 1 is 1.55 bits per heavy atom. The van der Waals surface area contributed by atoms with E-state index in [1.807, 2.05) is 0 Å². The minimum absolute atomic E-state index is 0.480. The number of imidazole rings is 1. The molecule has 2 aromatic rings. The van der Waals surface area contributed by atoms with Crippen LogP contribution in [0.15, 0.2) is 17.0 Å². The molecule has 0 amide bonds. The van der Waals surface area contributed by atoms with Gasteiger partial charge in [0.2, 0.25) is 0 Å². The van der Waals surface area contributed by atoms with Crippen LogP contribution >= 0.6 is 15.9 Å². The summed E-state index contributed by atoms with van der Waals surface area (Å²) in [5, 5.41) is 0. The summed E-state index contributed by atoms with van der Waals surface area (Å²) in [6.07, 6.45) is 1.61. The average Bonchev–Trinajstić information content (AvgIpc) is 2.34. The summed E-state index contributed by atoms with van der Waals surface area (Å²) in [6.45, 7) is 0. The van der Waals surface area contributed by atoms with Crippen LogP contribution in [0.5, 0.6) is 0 Å². The van der Waals surface area contributed by atoms with Gasteiger partial charge in [0, 0.05) is 6.07 Å². The van der Waals surface area contributed by atoms with Crippen molar-refractivity contribution in [2.45, 2.75) is 0 Å². The highest BCUT2D eigenvalue weighted by Gasteiger charge is 2.02. The van der Waals surface area contributed by atoms with E-state index in [0.29, 0.717) is 10.4 Å². The highest BCUT2D eigenvalue weighted by molar-refractivity contribution is 9.10. The van der Waals surface area contributed by atoms with Crippen molar-refractivity contribution in [2.24, 2.45) is 0 Å². The van der Waals surface area contributed by atoms with Gasteiger partial charge >= 0.3 is 0 Å². The molecule has 0 unspecified atom stereocenters. The van der Waals surface area contributed by atoms with Gasteiger partial charge in [0.1, 0.15) is 15.9 Å². The summed E-state index contributed by atoms with van der Waals surface area (Å²) in [4.78, 5) is 11.0. The van der Waals surface area contributed by atoms with Gasteiger partial charge in [-0.25, -0.2) is 9.97 Å². The second-order valence-electron chi connectivity index (χ2n) is 2.14. The van der Waals surface area contributed by atoms with Crippen molar-refractivity contribution in [2.75, 3.05) is 5.73 Å². The number of aromatic nitrogens is 3. The fourth-order valence-electron chi connectivity index (χ4n) is 0.925. The molecule has 2 rings (SSSR count). The molecule has 0 radical (unpaired) electrons. The number of nitrogens with two attached hydrogens (primary N) is 1. The molecular formula is C6H5BrN4. The van der Waals surface area contributed by atoms with Crippen molar-refractivity contribution in [3.63, 3.8) is 0 Å². The standard InChI is InChI=1S/C6H5BrN4/c7-6-5-3(9-2-10-5)1-4(8)11-6/h1-2H,(H2,8,11)(H,9,10). The van der Waals surface area contributed by atoms with Gasteiger partial charge in [0.15, 0.2) is 0 Å². The zero-order valence-corrected chi connectivity index (χ0v) is 7.09. The Kier molecular flexibility index (Phi) is 1.32. The molecular weight excluding hydrogens is 208 g/mol. The van der Waals surface area contributed by atoms with Crippen LogP contribution in [0.3, 0.4) is 0 Å². The van der Waals surface area contributed by atoms with E-state index in [4.69, 9.17) is 5.73 Å². The number of hydrogen-bond acceptors (Lipinski definition) is 3. The van der Waals surface area contributed by atoms with Crippen molar-refractivity contribution in [1.82, 2.24) is 15.0 Å². The molecule has 11 heavy (non-hydrogen) atoms. The van der Waals surface area contributed by atoms with E-state index in [0.717, 1.165) is 11.0 Å². The van der Waals surface area contributed by atoms with Gasteiger partial charge < -0.3 is 10.7 Å². The molecule has 0 spiro atoms. The van der Waals surface area contributed by atoms with Crippen molar-refractivity contribution in [3.8, 4) is 0 Å². The zero-order chi connectivity index (χ0) is 7.84. The second kappa shape index (κ2) is 2.20. The van der Waals surface area contributed by atoms with Gasteiger partial charge in [0.25, 0.3) is 0 Å². The first-order chi connectivity index (χ1) is 5.27. The molecule has 5 heteroatoms. The first kappa shape index (κ1) is 6.60. The highest BCUT2D eigenvalue weighted by atomic mass is 79.9. The minimum atomic E-state index is 0.480. The summed E-state index contributed by atoms with van der Waals surface area (Å²) >= 11 is 3.25. The summed E-state index contributed by atoms with van der Waals surface area (Å²) < 4.78 is 0.675. The van der Waals surface area contributed by atoms with Gasteiger partial charge in [-0.15, -0.1) is 0 Å². The fraction of sp³-hybridized carbons (Fsp3) is 0. The third-order valence-electron chi connectivity index (χ3n) is 1.38. The molecule has 0 fully saturated rings. The molecule has 0 saturated heterocycles. The molecule has 0 atom stereocenters. The van der Waals surface area contributed by atoms with Crippen LogP contribution in [0.1, 0.15) is 0 Å². The molecule has 2 aromatic heterocycles. The summed E-state index contributed by atoms with van der Waals surface area (Å²) in [6, 6.07) is 1.74. The lowest BCUT2D eigenvalue weighted by Crippen LogP contribution is -1.90. The van der Waals surface area contributed by atoms with E-state index in [9.17, 15) is 0 Å². The average molecular weight is 213 g/mol. The Balaban J connectivity index is 2.91. The van der Waals surface area contributed by atoms with Gasteiger partial charge in [-0.3, -0.25) is 0 Å². The fourth-order valence-corrected chi connectivity index (χ4v) is 1.45. The maximum absolute atomic E-state index is 5.50. The monoisotopic (exact) mass is 212 g/mol. The minimum Gasteiger partial charge on any atom is -0.384 e. The smallest absolute Gasteiger partial charge is 0.136 e. The van der Waals surface area contributed by atoms with Gasteiger partial charge in [-0.2, -0.15) is 0 Å². The maximum Gasteiger partial charge on any atom is 0.136 e. The third-order valence-corrected chi connectivity index (χ3v) is 1.94. The van der Waals surface area contributed by atoms with Gasteiger partial charge in [-0.1, -0.05) is 0 Å². The molecule has 0 aromatic carbocycles. The van der Waals surface area contributed by atoms with Crippen LogP contribution in [0.25, 0.3) is 11.0 Å². The summed E-state index contributed by atoms with van der Waals surface area (Å²) in [5.41, 5.74) is 7.19. The topological polar surface area (TPSA) is 67.6 Å². The predicted molar refractivity (Wildman–Crippen MR) is 46.0 cm³/mol. The van der Waals surface area contributed by atoms with Crippen LogP contribution < -0.4 is 5.73 Å². The quantitative estimate of drug-likeness (QED) is 0.648. The van der Waals surface area contributed by atoms with Crippen molar-refractivity contribution in [1.29, 1.82) is 0 Å². The number of nitrogens with zero attached hydrogens (tertiary/aromatic N) is 2.